The van der Waals surface area contributed by atoms with E-state index in [0.29, 0.717) is 5.02 Å². The number of carbonyl (C=O) groups is 1. The van der Waals surface area contributed by atoms with Gasteiger partial charge in [0, 0.05) is 16.9 Å². The van der Waals surface area contributed by atoms with E-state index in [1.165, 1.54) is 12.3 Å². The number of carboxylic acids is 1. The van der Waals surface area contributed by atoms with Crippen LogP contribution in [-0.2, 0) is 0 Å². The second kappa shape index (κ2) is 5.01. The van der Waals surface area contributed by atoms with Crippen LogP contribution in [0.15, 0.2) is 30.5 Å². The average Bonchev–Trinajstić information content (AvgIpc) is 2.35. The molecule has 0 radical (unpaired) electrons. The maximum absolute atomic E-state index is 10.8. The van der Waals surface area contributed by atoms with Crippen molar-refractivity contribution in [2.45, 2.75) is 6.92 Å². The van der Waals surface area contributed by atoms with Gasteiger partial charge < -0.3 is 10.4 Å². The van der Waals surface area contributed by atoms with E-state index in [2.05, 4.69) is 15.3 Å². The SMILES string of the molecule is Cc1c(Cl)cccc1Nc1nccc(C(=O)O)n1. The van der Waals surface area contributed by atoms with Crippen molar-refractivity contribution in [1.29, 1.82) is 0 Å². The zero-order chi connectivity index (χ0) is 13.1. The minimum Gasteiger partial charge on any atom is -0.477 e. The fourth-order valence-corrected chi connectivity index (χ4v) is 1.58. The summed E-state index contributed by atoms with van der Waals surface area (Å²) in [5, 5.41) is 12.4. The summed E-state index contributed by atoms with van der Waals surface area (Å²) < 4.78 is 0. The van der Waals surface area contributed by atoms with Crippen LogP contribution in [0.2, 0.25) is 5.02 Å². The third-order valence-corrected chi connectivity index (χ3v) is 2.80. The maximum Gasteiger partial charge on any atom is 0.354 e. The molecule has 1 aromatic heterocycles. The molecule has 0 unspecified atom stereocenters. The normalized spacial score (nSPS) is 10.1. The van der Waals surface area contributed by atoms with E-state index in [9.17, 15) is 4.79 Å². The van der Waals surface area contributed by atoms with Crippen LogP contribution in [0.25, 0.3) is 0 Å². The van der Waals surface area contributed by atoms with Gasteiger partial charge in [-0.15, -0.1) is 0 Å². The number of hydrogen-bond donors (Lipinski definition) is 2. The van der Waals surface area contributed by atoms with Crippen molar-refractivity contribution >= 4 is 29.2 Å². The van der Waals surface area contributed by atoms with Crippen LogP contribution < -0.4 is 5.32 Å². The molecule has 2 N–H and O–H groups in total. The Balaban J connectivity index is 2.31. The summed E-state index contributed by atoms with van der Waals surface area (Å²) in [7, 11) is 0. The highest BCUT2D eigenvalue weighted by Gasteiger charge is 2.08. The molecular weight excluding hydrogens is 254 g/mol. The first kappa shape index (κ1) is 12.3. The molecule has 0 fully saturated rings. The first-order chi connectivity index (χ1) is 8.58. The minimum absolute atomic E-state index is 0.0628. The Kier molecular flexibility index (Phi) is 3.43. The smallest absolute Gasteiger partial charge is 0.354 e. The van der Waals surface area contributed by atoms with E-state index < -0.39 is 5.97 Å². The average molecular weight is 264 g/mol. The minimum atomic E-state index is -1.09. The summed E-state index contributed by atoms with van der Waals surface area (Å²) in [6.07, 6.45) is 1.39. The van der Waals surface area contributed by atoms with Crippen LogP contribution in [0.1, 0.15) is 16.1 Å². The van der Waals surface area contributed by atoms with E-state index in [1.807, 2.05) is 13.0 Å². The lowest BCUT2D eigenvalue weighted by Crippen LogP contribution is -2.05. The lowest BCUT2D eigenvalue weighted by Gasteiger charge is -2.09. The van der Waals surface area contributed by atoms with Gasteiger partial charge in [-0.25, -0.2) is 14.8 Å². The molecule has 0 atom stereocenters. The lowest BCUT2D eigenvalue weighted by molar-refractivity contribution is 0.0690. The molecule has 6 heteroatoms. The molecule has 0 aliphatic rings. The summed E-state index contributed by atoms with van der Waals surface area (Å²) in [4.78, 5) is 18.6. The highest BCUT2D eigenvalue weighted by molar-refractivity contribution is 6.31. The molecule has 5 nitrogen and oxygen atoms in total. The van der Waals surface area contributed by atoms with Gasteiger partial charge in [-0.1, -0.05) is 17.7 Å². The van der Waals surface area contributed by atoms with Gasteiger partial charge in [0.2, 0.25) is 5.95 Å². The van der Waals surface area contributed by atoms with Gasteiger partial charge in [0.25, 0.3) is 0 Å². The zero-order valence-electron chi connectivity index (χ0n) is 9.51. The number of aromatic nitrogens is 2. The number of nitrogens with zero attached hydrogens (tertiary/aromatic N) is 2. The molecule has 0 saturated carbocycles. The summed E-state index contributed by atoms with van der Waals surface area (Å²) in [6.45, 7) is 1.85. The predicted molar refractivity (Wildman–Crippen MR) is 68.5 cm³/mol. The Labute approximate surface area is 108 Å². The molecule has 0 aliphatic heterocycles. The molecule has 0 spiro atoms. The van der Waals surface area contributed by atoms with Gasteiger partial charge in [-0.05, 0) is 30.7 Å². The summed E-state index contributed by atoms with van der Waals surface area (Å²) >= 11 is 5.99. The summed E-state index contributed by atoms with van der Waals surface area (Å²) in [5.41, 5.74) is 1.53. The maximum atomic E-state index is 10.8. The second-order valence-electron chi connectivity index (χ2n) is 3.61. The predicted octanol–water partition coefficient (Wildman–Crippen LogP) is 2.88. The number of nitrogens with one attached hydrogen (secondary N) is 1. The first-order valence-corrected chi connectivity index (χ1v) is 5.54. The second-order valence-corrected chi connectivity index (χ2v) is 4.02. The van der Waals surface area contributed by atoms with Crippen LogP contribution in [0.4, 0.5) is 11.6 Å². The van der Waals surface area contributed by atoms with E-state index in [-0.39, 0.29) is 11.6 Å². The Morgan fingerprint density at radius 3 is 2.89 bits per heavy atom. The number of halogens is 1. The molecule has 92 valence electrons. The highest BCUT2D eigenvalue weighted by atomic mass is 35.5. The van der Waals surface area contributed by atoms with E-state index in [1.54, 1.807) is 12.1 Å². The van der Waals surface area contributed by atoms with Gasteiger partial charge in [0.05, 0.1) is 0 Å². The molecule has 2 rings (SSSR count). The van der Waals surface area contributed by atoms with Crippen molar-refractivity contribution in [2.75, 3.05) is 5.32 Å². The molecule has 1 aromatic carbocycles. The fourth-order valence-electron chi connectivity index (χ4n) is 1.40. The number of rotatable bonds is 3. The molecule has 0 amide bonds. The number of benzene rings is 1. The number of hydrogen-bond acceptors (Lipinski definition) is 4. The number of carboxylic acid groups (broad SMARTS) is 1. The van der Waals surface area contributed by atoms with Gasteiger partial charge in [-0.2, -0.15) is 0 Å². The lowest BCUT2D eigenvalue weighted by atomic mass is 10.2. The standard InChI is InChI=1S/C12H10ClN3O2/c1-7-8(13)3-2-4-9(7)15-12-14-6-5-10(16-12)11(17)18/h2-6H,1H3,(H,17,18)(H,14,15,16). The Morgan fingerprint density at radius 1 is 1.39 bits per heavy atom. The van der Waals surface area contributed by atoms with Gasteiger partial charge in [-0.3, -0.25) is 0 Å². The van der Waals surface area contributed by atoms with Gasteiger partial charge in [0.15, 0.2) is 5.69 Å². The summed E-state index contributed by atoms with van der Waals surface area (Å²) in [6, 6.07) is 6.71. The monoisotopic (exact) mass is 263 g/mol. The molecule has 0 bridgehead atoms. The van der Waals surface area contributed by atoms with Gasteiger partial charge >= 0.3 is 5.97 Å². The topological polar surface area (TPSA) is 75.1 Å². The van der Waals surface area contributed by atoms with E-state index in [0.717, 1.165) is 11.3 Å². The van der Waals surface area contributed by atoms with Crippen molar-refractivity contribution < 1.29 is 9.90 Å². The van der Waals surface area contributed by atoms with Crippen LogP contribution >= 0.6 is 11.6 Å². The van der Waals surface area contributed by atoms with Crippen LogP contribution in [0, 0.1) is 6.92 Å². The van der Waals surface area contributed by atoms with Crippen molar-refractivity contribution in [3.8, 4) is 0 Å². The summed E-state index contributed by atoms with van der Waals surface area (Å²) in [5.74, 6) is -0.872. The van der Waals surface area contributed by atoms with Gasteiger partial charge in [0.1, 0.15) is 0 Å². The quantitative estimate of drug-likeness (QED) is 0.891. The Bertz CT molecular complexity index is 602. The van der Waals surface area contributed by atoms with Crippen molar-refractivity contribution in [1.82, 2.24) is 9.97 Å². The third kappa shape index (κ3) is 2.57. The molecule has 0 aliphatic carbocycles. The third-order valence-electron chi connectivity index (χ3n) is 2.39. The van der Waals surface area contributed by atoms with E-state index >= 15 is 0 Å². The Morgan fingerprint density at radius 2 is 2.17 bits per heavy atom. The number of anilines is 2. The zero-order valence-corrected chi connectivity index (χ0v) is 10.3. The first-order valence-electron chi connectivity index (χ1n) is 5.16. The fraction of sp³-hybridized carbons (Fsp3) is 0.0833. The van der Waals surface area contributed by atoms with Crippen molar-refractivity contribution in [2.24, 2.45) is 0 Å². The molecule has 0 saturated heterocycles. The van der Waals surface area contributed by atoms with Crippen LogP contribution in [0.3, 0.4) is 0 Å². The van der Waals surface area contributed by atoms with Crippen LogP contribution in [-0.4, -0.2) is 21.0 Å². The Hall–Kier alpha value is -2.14. The highest BCUT2D eigenvalue weighted by Crippen LogP contribution is 2.24. The molecule has 1 heterocycles. The largest absolute Gasteiger partial charge is 0.477 e. The van der Waals surface area contributed by atoms with E-state index in [4.69, 9.17) is 16.7 Å². The number of aromatic carboxylic acids is 1. The molecular formula is C12H10ClN3O2. The molecule has 18 heavy (non-hydrogen) atoms. The van der Waals surface area contributed by atoms with Crippen LogP contribution in [0.5, 0.6) is 0 Å². The van der Waals surface area contributed by atoms with Crippen molar-refractivity contribution in [3.63, 3.8) is 0 Å². The van der Waals surface area contributed by atoms with Crippen molar-refractivity contribution in [3.05, 3.63) is 46.7 Å². The molecule has 2 aromatic rings.